The van der Waals surface area contributed by atoms with Gasteiger partial charge in [0.15, 0.2) is 0 Å². The number of pyridine rings is 1. The Balaban J connectivity index is 1.34. The molecule has 1 aromatic carbocycles. The lowest BCUT2D eigenvalue weighted by Gasteiger charge is -2.27. The van der Waals surface area contributed by atoms with Gasteiger partial charge in [-0.2, -0.15) is 0 Å². The number of sulfonamides is 1. The van der Waals surface area contributed by atoms with Crippen LogP contribution in [0.4, 0.5) is 11.5 Å². The monoisotopic (exact) mass is 444 g/mol. The van der Waals surface area contributed by atoms with Crippen LogP contribution in [0.25, 0.3) is 0 Å². The van der Waals surface area contributed by atoms with Gasteiger partial charge in [-0.3, -0.25) is 4.79 Å². The Bertz CT molecular complexity index is 981. The molecular formula is C22H28N4O4S. The first-order chi connectivity index (χ1) is 15.0. The van der Waals surface area contributed by atoms with Gasteiger partial charge in [0.25, 0.3) is 5.91 Å². The summed E-state index contributed by atoms with van der Waals surface area (Å²) in [6.45, 7) is 2.95. The van der Waals surface area contributed by atoms with Gasteiger partial charge in [-0.15, -0.1) is 0 Å². The number of hydrogen-bond acceptors (Lipinski definition) is 6. The highest BCUT2D eigenvalue weighted by molar-refractivity contribution is 7.89. The van der Waals surface area contributed by atoms with Crippen LogP contribution >= 0.6 is 0 Å². The van der Waals surface area contributed by atoms with Crippen molar-refractivity contribution in [3.8, 4) is 0 Å². The van der Waals surface area contributed by atoms with Crippen molar-refractivity contribution in [2.75, 3.05) is 36.5 Å². The summed E-state index contributed by atoms with van der Waals surface area (Å²) < 4.78 is 32.9. The molecule has 166 valence electrons. The predicted molar refractivity (Wildman–Crippen MR) is 119 cm³/mol. The van der Waals surface area contributed by atoms with Crippen LogP contribution in [0, 0.1) is 0 Å². The molecule has 2 N–H and O–H groups in total. The number of hydrogen-bond donors (Lipinski definition) is 2. The standard InChI is InChI=1S/C22H28N4O4S/c27-22(25-18-8-11-21(23-15-18)26-12-2-1-3-13-26)17-6-9-20(10-7-17)31(28,29)24-16-19-5-4-14-30-19/h6-11,15,19,24H,1-5,12-14,16H2,(H,25,27). The second-order valence-corrected chi connectivity index (χ2v) is 9.69. The Hall–Kier alpha value is -2.49. The number of nitrogens with zero attached hydrogens (tertiary/aromatic N) is 2. The number of nitrogens with one attached hydrogen (secondary N) is 2. The minimum atomic E-state index is -3.64. The first-order valence-corrected chi connectivity index (χ1v) is 12.2. The molecule has 0 bridgehead atoms. The third-order valence-electron chi connectivity index (χ3n) is 5.64. The summed E-state index contributed by atoms with van der Waals surface area (Å²) in [5.41, 5.74) is 0.971. The number of anilines is 2. The number of benzene rings is 1. The van der Waals surface area contributed by atoms with Crippen molar-refractivity contribution >= 4 is 27.4 Å². The van der Waals surface area contributed by atoms with Crippen LogP contribution in [0.3, 0.4) is 0 Å². The Morgan fingerprint density at radius 1 is 1.06 bits per heavy atom. The summed E-state index contributed by atoms with van der Waals surface area (Å²) in [4.78, 5) is 19.4. The molecule has 0 saturated carbocycles. The van der Waals surface area contributed by atoms with Crippen LogP contribution in [0.5, 0.6) is 0 Å². The SMILES string of the molecule is O=C(Nc1ccc(N2CCCCC2)nc1)c1ccc(S(=O)(=O)NCC2CCCO2)cc1. The molecule has 4 rings (SSSR count). The Kier molecular flexibility index (Phi) is 6.84. The van der Waals surface area contributed by atoms with E-state index in [2.05, 4.69) is 19.9 Å². The topological polar surface area (TPSA) is 101 Å². The lowest BCUT2D eigenvalue weighted by molar-refractivity contribution is 0.102. The molecule has 8 nitrogen and oxygen atoms in total. The summed E-state index contributed by atoms with van der Waals surface area (Å²) in [6, 6.07) is 9.63. The first kappa shape index (κ1) is 21.7. The van der Waals surface area contributed by atoms with Crippen LogP contribution in [0.1, 0.15) is 42.5 Å². The van der Waals surface area contributed by atoms with E-state index in [4.69, 9.17) is 4.74 Å². The average molecular weight is 445 g/mol. The normalized spacial score (nSPS) is 19.4. The van der Waals surface area contributed by atoms with Gasteiger partial charge >= 0.3 is 0 Å². The molecule has 2 aromatic rings. The van der Waals surface area contributed by atoms with E-state index in [1.807, 2.05) is 12.1 Å². The van der Waals surface area contributed by atoms with Gasteiger partial charge in [-0.1, -0.05) is 0 Å². The second kappa shape index (κ2) is 9.76. The van der Waals surface area contributed by atoms with Crippen LogP contribution in [0.15, 0.2) is 47.5 Å². The van der Waals surface area contributed by atoms with E-state index in [9.17, 15) is 13.2 Å². The van der Waals surface area contributed by atoms with Crippen LogP contribution in [-0.2, 0) is 14.8 Å². The Morgan fingerprint density at radius 3 is 2.48 bits per heavy atom. The zero-order chi connectivity index (χ0) is 21.7. The molecule has 0 spiro atoms. The fourth-order valence-electron chi connectivity index (χ4n) is 3.85. The summed E-state index contributed by atoms with van der Waals surface area (Å²) in [7, 11) is -3.64. The molecule has 0 radical (unpaired) electrons. The molecule has 0 aliphatic carbocycles. The second-order valence-electron chi connectivity index (χ2n) is 7.92. The van der Waals surface area contributed by atoms with Crippen molar-refractivity contribution < 1.29 is 17.9 Å². The van der Waals surface area contributed by atoms with Crippen molar-refractivity contribution in [3.63, 3.8) is 0 Å². The van der Waals surface area contributed by atoms with E-state index >= 15 is 0 Å². The van der Waals surface area contributed by atoms with Gasteiger partial charge in [0.2, 0.25) is 10.0 Å². The molecule has 1 amide bonds. The quantitative estimate of drug-likeness (QED) is 0.681. The number of aromatic nitrogens is 1. The summed E-state index contributed by atoms with van der Waals surface area (Å²) >= 11 is 0. The summed E-state index contributed by atoms with van der Waals surface area (Å²) in [5.74, 6) is 0.603. The van der Waals surface area contributed by atoms with E-state index < -0.39 is 10.0 Å². The molecule has 2 saturated heterocycles. The minimum absolute atomic E-state index is 0.0743. The average Bonchev–Trinajstić information content (AvgIpc) is 3.33. The number of ether oxygens (including phenoxy) is 1. The van der Waals surface area contributed by atoms with Crippen molar-refractivity contribution in [1.82, 2.24) is 9.71 Å². The number of carbonyl (C=O) groups is 1. The number of rotatable bonds is 7. The highest BCUT2D eigenvalue weighted by Gasteiger charge is 2.20. The Morgan fingerprint density at radius 2 is 1.84 bits per heavy atom. The van der Waals surface area contributed by atoms with Gasteiger partial charge in [-0.05, 0) is 68.5 Å². The fraction of sp³-hybridized carbons (Fsp3) is 0.455. The molecule has 1 atom stereocenters. The van der Waals surface area contributed by atoms with Crippen molar-refractivity contribution in [2.24, 2.45) is 0 Å². The maximum absolute atomic E-state index is 12.5. The number of piperidine rings is 1. The lowest BCUT2D eigenvalue weighted by atomic mass is 10.1. The van der Waals surface area contributed by atoms with Gasteiger partial charge in [0.05, 0.1) is 22.9 Å². The predicted octanol–water partition coefficient (Wildman–Crippen LogP) is 2.78. The molecule has 2 aliphatic rings. The van der Waals surface area contributed by atoms with E-state index in [1.54, 1.807) is 6.20 Å². The molecule has 1 unspecified atom stereocenters. The van der Waals surface area contributed by atoms with Crippen molar-refractivity contribution in [1.29, 1.82) is 0 Å². The van der Waals surface area contributed by atoms with Crippen molar-refractivity contribution in [3.05, 3.63) is 48.2 Å². The highest BCUT2D eigenvalue weighted by atomic mass is 32.2. The molecule has 9 heteroatoms. The minimum Gasteiger partial charge on any atom is -0.377 e. The molecule has 1 aromatic heterocycles. The summed E-state index contributed by atoms with van der Waals surface area (Å²) in [6.07, 6.45) is 6.99. The largest absolute Gasteiger partial charge is 0.377 e. The van der Waals surface area contributed by atoms with E-state index in [1.165, 1.54) is 43.5 Å². The van der Waals surface area contributed by atoms with Crippen LogP contribution < -0.4 is 14.9 Å². The van der Waals surface area contributed by atoms with Crippen molar-refractivity contribution in [2.45, 2.75) is 43.1 Å². The third-order valence-corrected chi connectivity index (χ3v) is 7.08. The third kappa shape index (κ3) is 5.61. The van der Waals surface area contributed by atoms with Crippen LogP contribution in [-0.4, -0.2) is 51.7 Å². The molecule has 3 heterocycles. The van der Waals surface area contributed by atoms with Gasteiger partial charge < -0.3 is 15.0 Å². The molecule has 31 heavy (non-hydrogen) atoms. The van der Waals surface area contributed by atoms with E-state index in [-0.39, 0.29) is 23.5 Å². The number of carbonyl (C=O) groups excluding carboxylic acids is 1. The molecule has 2 aliphatic heterocycles. The van der Waals surface area contributed by atoms with E-state index in [0.29, 0.717) is 17.9 Å². The maximum atomic E-state index is 12.5. The fourth-order valence-corrected chi connectivity index (χ4v) is 4.92. The highest BCUT2D eigenvalue weighted by Crippen LogP contribution is 2.20. The van der Waals surface area contributed by atoms with Gasteiger partial charge in [0, 0.05) is 31.8 Å². The molecular weight excluding hydrogens is 416 g/mol. The van der Waals surface area contributed by atoms with Gasteiger partial charge in [-0.25, -0.2) is 18.1 Å². The van der Waals surface area contributed by atoms with E-state index in [0.717, 1.165) is 31.7 Å². The van der Waals surface area contributed by atoms with Crippen LogP contribution in [0.2, 0.25) is 0 Å². The first-order valence-electron chi connectivity index (χ1n) is 10.7. The van der Waals surface area contributed by atoms with Gasteiger partial charge in [0.1, 0.15) is 5.82 Å². The number of amides is 1. The molecule has 2 fully saturated rings. The lowest BCUT2D eigenvalue weighted by Crippen LogP contribution is -2.31. The Labute approximate surface area is 183 Å². The summed E-state index contributed by atoms with van der Waals surface area (Å²) in [5, 5.41) is 2.81. The zero-order valence-corrected chi connectivity index (χ0v) is 18.2. The zero-order valence-electron chi connectivity index (χ0n) is 17.4. The smallest absolute Gasteiger partial charge is 0.255 e. The maximum Gasteiger partial charge on any atom is 0.255 e.